The van der Waals surface area contributed by atoms with Gasteiger partial charge in [-0.15, -0.1) is 0 Å². The van der Waals surface area contributed by atoms with Gasteiger partial charge in [0.25, 0.3) is 5.91 Å². The summed E-state index contributed by atoms with van der Waals surface area (Å²) in [5.74, 6) is -0.109. The van der Waals surface area contributed by atoms with Gasteiger partial charge < -0.3 is 15.1 Å². The van der Waals surface area contributed by atoms with Crippen molar-refractivity contribution < 1.29 is 14.4 Å². The predicted molar refractivity (Wildman–Crippen MR) is 111 cm³/mol. The molecular weight excluding hydrogens is 366 g/mol. The lowest BCUT2D eigenvalue weighted by Crippen LogP contribution is -2.27. The van der Waals surface area contributed by atoms with Gasteiger partial charge in [0.2, 0.25) is 11.8 Å². The predicted octanol–water partition coefficient (Wildman–Crippen LogP) is 3.26. The minimum atomic E-state index is -0.170. The zero-order valence-corrected chi connectivity index (χ0v) is 16.2. The quantitative estimate of drug-likeness (QED) is 0.824. The number of carbonyl (C=O) groups excluding carboxylic acids is 3. The van der Waals surface area contributed by atoms with Gasteiger partial charge in [-0.25, -0.2) is 0 Å². The third kappa shape index (κ3) is 3.92. The van der Waals surface area contributed by atoms with Crippen molar-refractivity contribution in [3.05, 3.63) is 71.8 Å². The number of nitrogens with zero attached hydrogens (tertiary/aromatic N) is 2. The first-order chi connectivity index (χ1) is 14.0. The van der Waals surface area contributed by atoms with E-state index in [9.17, 15) is 14.4 Å². The van der Waals surface area contributed by atoms with Crippen LogP contribution in [0.4, 0.5) is 5.69 Å². The summed E-state index contributed by atoms with van der Waals surface area (Å²) in [6.07, 6.45) is 1.69. The lowest BCUT2D eigenvalue weighted by molar-refractivity contribution is -0.128. The number of fused-ring (bicyclic) bond motifs is 1. The lowest BCUT2D eigenvalue weighted by Gasteiger charge is -2.18. The fourth-order valence-electron chi connectivity index (χ4n) is 3.85. The highest BCUT2D eigenvalue weighted by Crippen LogP contribution is 2.31. The van der Waals surface area contributed by atoms with E-state index in [1.807, 2.05) is 47.4 Å². The third-order valence-electron chi connectivity index (χ3n) is 5.36. The number of hydrogen-bond donors (Lipinski definition) is 1. The molecule has 0 saturated carbocycles. The summed E-state index contributed by atoms with van der Waals surface area (Å²) < 4.78 is 0. The van der Waals surface area contributed by atoms with Gasteiger partial charge in [-0.3, -0.25) is 14.4 Å². The van der Waals surface area contributed by atoms with Crippen molar-refractivity contribution in [3.8, 4) is 0 Å². The largest absolute Gasteiger partial charge is 0.338 e. The first kappa shape index (κ1) is 18.9. The molecule has 148 valence electrons. The number of hydrogen-bond acceptors (Lipinski definition) is 3. The van der Waals surface area contributed by atoms with Gasteiger partial charge >= 0.3 is 0 Å². The van der Waals surface area contributed by atoms with Crippen LogP contribution in [0.1, 0.15) is 40.7 Å². The molecule has 29 heavy (non-hydrogen) atoms. The maximum atomic E-state index is 12.5. The molecule has 1 saturated heterocycles. The van der Waals surface area contributed by atoms with Gasteiger partial charge in [-0.1, -0.05) is 36.9 Å². The van der Waals surface area contributed by atoms with Crippen molar-refractivity contribution in [2.45, 2.75) is 25.8 Å². The molecule has 0 spiro atoms. The lowest BCUT2D eigenvalue weighted by atomic mass is 10.1. The summed E-state index contributed by atoms with van der Waals surface area (Å²) in [7, 11) is 0. The summed E-state index contributed by atoms with van der Waals surface area (Å²) in [4.78, 5) is 40.1. The molecule has 2 aromatic carbocycles. The molecule has 1 N–H and O–H groups in total. The Hall–Kier alpha value is -3.41. The number of benzene rings is 2. The molecule has 6 nitrogen and oxygen atoms in total. The van der Waals surface area contributed by atoms with Crippen LogP contribution in [0.15, 0.2) is 55.1 Å². The molecule has 3 amide bonds. The highest BCUT2D eigenvalue weighted by molar-refractivity contribution is 6.09. The van der Waals surface area contributed by atoms with Crippen LogP contribution < -0.4 is 5.32 Å². The zero-order chi connectivity index (χ0) is 20.4. The molecule has 2 aromatic rings. The number of amides is 3. The van der Waals surface area contributed by atoms with Crippen LogP contribution in [0.25, 0.3) is 5.70 Å². The summed E-state index contributed by atoms with van der Waals surface area (Å²) in [5.41, 5.74) is 3.76. The fraction of sp³-hybridized carbons (Fsp3) is 0.261. The van der Waals surface area contributed by atoms with Gasteiger partial charge in [-0.2, -0.15) is 0 Å². The first-order valence-corrected chi connectivity index (χ1v) is 9.79. The van der Waals surface area contributed by atoms with Crippen LogP contribution in [0.3, 0.4) is 0 Å². The number of anilines is 1. The van der Waals surface area contributed by atoms with Gasteiger partial charge in [0.05, 0.1) is 0 Å². The van der Waals surface area contributed by atoms with E-state index >= 15 is 0 Å². The summed E-state index contributed by atoms with van der Waals surface area (Å²) in [6, 6.07) is 14.9. The molecule has 0 bridgehead atoms. The smallest absolute Gasteiger partial charge is 0.258 e. The Bertz CT molecular complexity index is 963. The van der Waals surface area contributed by atoms with Crippen LogP contribution in [0.5, 0.6) is 0 Å². The van der Waals surface area contributed by atoms with Crippen molar-refractivity contribution in [1.82, 2.24) is 9.80 Å². The molecular formula is C23H23N3O3. The van der Waals surface area contributed by atoms with E-state index in [2.05, 4.69) is 11.9 Å². The number of likely N-dealkylation sites (tertiary alicyclic amines) is 1. The van der Waals surface area contributed by atoms with Crippen molar-refractivity contribution in [3.63, 3.8) is 0 Å². The molecule has 2 aliphatic rings. The van der Waals surface area contributed by atoms with E-state index in [-0.39, 0.29) is 30.7 Å². The van der Waals surface area contributed by atoms with E-state index in [4.69, 9.17) is 0 Å². The molecule has 0 unspecified atom stereocenters. The highest BCUT2D eigenvalue weighted by Gasteiger charge is 2.30. The van der Waals surface area contributed by atoms with Gasteiger partial charge in [0.1, 0.15) is 0 Å². The molecule has 2 aliphatic heterocycles. The van der Waals surface area contributed by atoms with Crippen LogP contribution in [-0.2, 0) is 16.1 Å². The van der Waals surface area contributed by atoms with E-state index in [1.54, 1.807) is 11.0 Å². The standard InChI is InChI=1S/C23H23N3O3/c1-16-19-8-2-3-9-20(19)23(29)26(16)13-11-21(27)24-18-7-4-6-17(14-18)15-25-12-5-10-22(25)28/h2-4,6-9,14H,1,5,10-13,15H2,(H,24,27). The molecule has 1 fully saturated rings. The number of carbonyl (C=O) groups is 3. The van der Waals surface area contributed by atoms with Crippen molar-refractivity contribution in [2.24, 2.45) is 0 Å². The van der Waals surface area contributed by atoms with E-state index in [1.165, 1.54) is 0 Å². The minimum Gasteiger partial charge on any atom is -0.338 e. The molecule has 0 atom stereocenters. The van der Waals surface area contributed by atoms with E-state index < -0.39 is 0 Å². The third-order valence-corrected chi connectivity index (χ3v) is 5.36. The van der Waals surface area contributed by atoms with Crippen LogP contribution >= 0.6 is 0 Å². The average Bonchev–Trinajstić information content (AvgIpc) is 3.22. The summed E-state index contributed by atoms with van der Waals surface area (Å²) in [5, 5.41) is 2.88. The number of rotatable bonds is 6. The Kier molecular flexibility index (Phi) is 5.16. The van der Waals surface area contributed by atoms with Crippen molar-refractivity contribution in [1.29, 1.82) is 0 Å². The maximum absolute atomic E-state index is 12.5. The SMILES string of the molecule is C=C1c2ccccc2C(=O)N1CCC(=O)Nc1cccc(CN2CCCC2=O)c1. The van der Waals surface area contributed by atoms with Crippen molar-refractivity contribution in [2.75, 3.05) is 18.4 Å². The maximum Gasteiger partial charge on any atom is 0.258 e. The Balaban J connectivity index is 1.34. The molecule has 6 heteroatoms. The highest BCUT2D eigenvalue weighted by atomic mass is 16.2. The Morgan fingerprint density at radius 2 is 1.86 bits per heavy atom. The molecule has 0 aliphatic carbocycles. The van der Waals surface area contributed by atoms with Crippen LogP contribution in [0.2, 0.25) is 0 Å². The Labute approximate surface area is 169 Å². The molecule has 4 rings (SSSR count). The van der Waals surface area contributed by atoms with Crippen LogP contribution in [0, 0.1) is 0 Å². The average molecular weight is 389 g/mol. The first-order valence-electron chi connectivity index (χ1n) is 9.79. The topological polar surface area (TPSA) is 69.7 Å². The zero-order valence-electron chi connectivity index (χ0n) is 16.2. The second-order valence-electron chi connectivity index (χ2n) is 7.37. The molecule has 0 radical (unpaired) electrons. The fourth-order valence-corrected chi connectivity index (χ4v) is 3.85. The Morgan fingerprint density at radius 1 is 1.07 bits per heavy atom. The van der Waals surface area contributed by atoms with E-state index in [0.29, 0.717) is 29.9 Å². The van der Waals surface area contributed by atoms with Gasteiger partial charge in [0.15, 0.2) is 0 Å². The van der Waals surface area contributed by atoms with Crippen molar-refractivity contribution >= 4 is 29.1 Å². The van der Waals surface area contributed by atoms with Crippen LogP contribution in [-0.4, -0.2) is 40.6 Å². The van der Waals surface area contributed by atoms with Gasteiger partial charge in [0, 0.05) is 55.0 Å². The summed E-state index contributed by atoms with van der Waals surface area (Å²) >= 11 is 0. The minimum absolute atomic E-state index is 0.115. The summed E-state index contributed by atoms with van der Waals surface area (Å²) in [6.45, 7) is 5.62. The number of nitrogens with one attached hydrogen (secondary N) is 1. The second-order valence-corrected chi connectivity index (χ2v) is 7.37. The molecule has 2 heterocycles. The van der Waals surface area contributed by atoms with Gasteiger partial charge in [-0.05, 0) is 30.2 Å². The van der Waals surface area contributed by atoms with E-state index in [0.717, 1.165) is 24.1 Å². The second kappa shape index (κ2) is 7.91. The Morgan fingerprint density at radius 3 is 2.59 bits per heavy atom. The monoisotopic (exact) mass is 389 g/mol. The normalized spacial score (nSPS) is 15.8. The molecule has 0 aromatic heterocycles.